The molecule has 0 atom stereocenters. The molecule has 1 aliphatic rings. The van der Waals surface area contributed by atoms with Crippen molar-refractivity contribution in [1.82, 2.24) is 10.3 Å². The molecule has 1 aromatic rings. The van der Waals surface area contributed by atoms with Crippen molar-refractivity contribution in [3.63, 3.8) is 0 Å². The molecule has 0 aromatic carbocycles. The molecule has 2 rings (SSSR count). The Morgan fingerprint density at radius 3 is 2.75 bits per heavy atom. The molecule has 0 bridgehead atoms. The van der Waals surface area contributed by atoms with Crippen LogP contribution < -0.4 is 5.32 Å². The first kappa shape index (κ1) is 11.9. The summed E-state index contributed by atoms with van der Waals surface area (Å²) in [7, 11) is 0. The van der Waals surface area contributed by atoms with Crippen molar-refractivity contribution in [2.24, 2.45) is 5.92 Å². The first-order chi connectivity index (χ1) is 7.55. The van der Waals surface area contributed by atoms with E-state index in [1.165, 1.54) is 6.20 Å². The molecule has 0 amide bonds. The maximum atomic E-state index is 13.0. The number of rotatable bonds is 3. The minimum Gasteiger partial charge on any atom is -0.317 e. The number of aromatic nitrogens is 1. The van der Waals surface area contributed by atoms with Crippen LogP contribution in [0.2, 0.25) is 0 Å². The molecule has 1 saturated heterocycles. The number of halogens is 2. The lowest BCUT2D eigenvalue weighted by atomic mass is 9.95. The Bertz CT molecular complexity index is 340. The molecule has 2 nitrogen and oxygen atoms in total. The summed E-state index contributed by atoms with van der Waals surface area (Å²) in [6.07, 6.45) is 4.42. The van der Waals surface area contributed by atoms with Crippen molar-refractivity contribution >= 4 is 11.3 Å². The minimum absolute atomic E-state index is 0.0800. The molecular formula is C11H16F2N2S. The molecule has 1 aliphatic heterocycles. The monoisotopic (exact) mass is 246 g/mol. The van der Waals surface area contributed by atoms with Gasteiger partial charge in [-0.3, -0.25) is 0 Å². The highest BCUT2D eigenvalue weighted by Gasteiger charge is 2.27. The highest BCUT2D eigenvalue weighted by molar-refractivity contribution is 7.11. The molecule has 0 spiro atoms. The molecule has 0 aliphatic carbocycles. The van der Waals surface area contributed by atoms with Gasteiger partial charge in [0.05, 0.1) is 9.88 Å². The van der Waals surface area contributed by atoms with E-state index in [4.69, 9.17) is 0 Å². The van der Waals surface area contributed by atoms with Gasteiger partial charge < -0.3 is 5.32 Å². The van der Waals surface area contributed by atoms with Crippen LogP contribution in [0.15, 0.2) is 6.20 Å². The van der Waals surface area contributed by atoms with E-state index in [-0.39, 0.29) is 4.88 Å². The molecular weight excluding hydrogens is 230 g/mol. The van der Waals surface area contributed by atoms with Crippen LogP contribution in [0.25, 0.3) is 0 Å². The number of nitrogens with zero attached hydrogens (tertiary/aromatic N) is 1. The molecule has 0 radical (unpaired) electrons. The maximum Gasteiger partial charge on any atom is 0.281 e. The maximum absolute atomic E-state index is 13.0. The van der Waals surface area contributed by atoms with Gasteiger partial charge >= 0.3 is 0 Å². The fourth-order valence-corrected chi connectivity index (χ4v) is 2.90. The van der Waals surface area contributed by atoms with Crippen LogP contribution in [0, 0.1) is 5.92 Å². The fourth-order valence-electron chi connectivity index (χ4n) is 1.94. The zero-order chi connectivity index (χ0) is 11.6. The second-order valence-electron chi connectivity index (χ2n) is 4.40. The molecule has 90 valence electrons. The Morgan fingerprint density at radius 2 is 2.19 bits per heavy atom. The SMILES string of the molecule is CC(F)(F)c1cnc(CC2CCNCC2)s1. The summed E-state index contributed by atoms with van der Waals surface area (Å²) in [4.78, 5) is 4.17. The Hall–Kier alpha value is -0.550. The first-order valence-electron chi connectivity index (χ1n) is 5.59. The lowest BCUT2D eigenvalue weighted by molar-refractivity contribution is 0.0213. The van der Waals surface area contributed by atoms with Gasteiger partial charge in [-0.05, 0) is 31.8 Å². The van der Waals surface area contributed by atoms with Gasteiger partial charge in [0.15, 0.2) is 0 Å². The number of nitrogens with one attached hydrogen (secondary N) is 1. The van der Waals surface area contributed by atoms with E-state index in [1.54, 1.807) is 0 Å². The third-order valence-electron chi connectivity index (χ3n) is 2.91. The predicted octanol–water partition coefficient (Wildman–Crippen LogP) is 2.80. The standard InChI is InChI=1S/C11H16F2N2S/c1-11(12,13)9-7-15-10(16-9)6-8-2-4-14-5-3-8/h7-8,14H,2-6H2,1H3. The summed E-state index contributed by atoms with van der Waals surface area (Å²) < 4.78 is 26.0. The highest BCUT2D eigenvalue weighted by atomic mass is 32.1. The third-order valence-corrected chi connectivity index (χ3v) is 4.10. The summed E-state index contributed by atoms with van der Waals surface area (Å²) in [5.41, 5.74) is 0. The van der Waals surface area contributed by atoms with Crippen LogP contribution in [0.3, 0.4) is 0 Å². The first-order valence-corrected chi connectivity index (χ1v) is 6.41. The summed E-state index contributed by atoms with van der Waals surface area (Å²) in [5.74, 6) is -2.14. The lowest BCUT2D eigenvalue weighted by Crippen LogP contribution is -2.28. The minimum atomic E-state index is -2.75. The quantitative estimate of drug-likeness (QED) is 0.887. The molecule has 16 heavy (non-hydrogen) atoms. The van der Waals surface area contributed by atoms with E-state index in [2.05, 4.69) is 10.3 Å². The third kappa shape index (κ3) is 2.98. The molecule has 2 heterocycles. The van der Waals surface area contributed by atoms with Crippen molar-refractivity contribution in [2.45, 2.75) is 32.1 Å². The Balaban J connectivity index is 1.97. The molecule has 1 N–H and O–H groups in total. The smallest absolute Gasteiger partial charge is 0.281 e. The Kier molecular flexibility index (Phi) is 3.54. The summed E-state index contributed by atoms with van der Waals surface area (Å²) in [6.45, 7) is 2.99. The summed E-state index contributed by atoms with van der Waals surface area (Å²) in [6, 6.07) is 0. The van der Waals surface area contributed by atoms with Crippen LogP contribution in [-0.2, 0) is 12.3 Å². The van der Waals surface area contributed by atoms with E-state index in [1.807, 2.05) is 0 Å². The molecule has 5 heteroatoms. The molecule has 1 fully saturated rings. The van der Waals surface area contributed by atoms with Crippen LogP contribution in [-0.4, -0.2) is 18.1 Å². The topological polar surface area (TPSA) is 24.9 Å². The second kappa shape index (κ2) is 4.75. The number of alkyl halides is 2. The van der Waals surface area contributed by atoms with Crippen molar-refractivity contribution in [2.75, 3.05) is 13.1 Å². The predicted molar refractivity (Wildman–Crippen MR) is 61.0 cm³/mol. The van der Waals surface area contributed by atoms with Crippen LogP contribution >= 0.6 is 11.3 Å². The van der Waals surface area contributed by atoms with Gasteiger partial charge in [0.2, 0.25) is 0 Å². The van der Waals surface area contributed by atoms with E-state index < -0.39 is 5.92 Å². The summed E-state index contributed by atoms with van der Waals surface area (Å²) in [5, 5.41) is 4.14. The van der Waals surface area contributed by atoms with Crippen molar-refractivity contribution in [3.05, 3.63) is 16.1 Å². The fraction of sp³-hybridized carbons (Fsp3) is 0.727. The van der Waals surface area contributed by atoms with Crippen LogP contribution in [0.4, 0.5) is 8.78 Å². The van der Waals surface area contributed by atoms with Crippen molar-refractivity contribution in [1.29, 1.82) is 0 Å². The lowest BCUT2D eigenvalue weighted by Gasteiger charge is -2.21. The van der Waals surface area contributed by atoms with E-state index in [0.717, 1.165) is 55.6 Å². The zero-order valence-corrected chi connectivity index (χ0v) is 10.1. The largest absolute Gasteiger partial charge is 0.317 e. The second-order valence-corrected chi connectivity index (χ2v) is 5.52. The van der Waals surface area contributed by atoms with E-state index in [0.29, 0.717) is 5.92 Å². The zero-order valence-electron chi connectivity index (χ0n) is 9.30. The van der Waals surface area contributed by atoms with Gasteiger partial charge in [-0.25, -0.2) is 13.8 Å². The van der Waals surface area contributed by atoms with Gasteiger partial charge in [0.25, 0.3) is 5.92 Å². The number of hydrogen-bond acceptors (Lipinski definition) is 3. The normalized spacial score (nSPS) is 18.9. The van der Waals surface area contributed by atoms with E-state index in [9.17, 15) is 8.78 Å². The van der Waals surface area contributed by atoms with Gasteiger partial charge in [-0.1, -0.05) is 0 Å². The molecule has 1 aromatic heterocycles. The van der Waals surface area contributed by atoms with E-state index >= 15 is 0 Å². The highest BCUT2D eigenvalue weighted by Crippen LogP contribution is 2.32. The number of hydrogen-bond donors (Lipinski definition) is 1. The number of piperidine rings is 1. The number of thiazole rings is 1. The molecule has 0 saturated carbocycles. The summed E-state index contributed by atoms with van der Waals surface area (Å²) >= 11 is 1.15. The van der Waals surface area contributed by atoms with Crippen LogP contribution in [0.5, 0.6) is 0 Å². The van der Waals surface area contributed by atoms with Gasteiger partial charge in [-0.15, -0.1) is 11.3 Å². The molecule has 0 unspecified atom stereocenters. The van der Waals surface area contributed by atoms with Crippen molar-refractivity contribution < 1.29 is 8.78 Å². The average Bonchev–Trinajstić information content (AvgIpc) is 2.67. The Labute approximate surface area is 98.1 Å². The van der Waals surface area contributed by atoms with Crippen molar-refractivity contribution in [3.8, 4) is 0 Å². The average molecular weight is 246 g/mol. The van der Waals surface area contributed by atoms with Crippen LogP contribution in [0.1, 0.15) is 29.7 Å². The van der Waals surface area contributed by atoms with Gasteiger partial charge in [-0.2, -0.15) is 0 Å². The Morgan fingerprint density at radius 1 is 1.50 bits per heavy atom. The van der Waals surface area contributed by atoms with Gasteiger partial charge in [0.1, 0.15) is 0 Å². The van der Waals surface area contributed by atoms with Gasteiger partial charge in [0, 0.05) is 19.5 Å².